The molecule has 0 radical (unpaired) electrons. The fourth-order valence-corrected chi connectivity index (χ4v) is 4.73. The minimum atomic E-state index is 0.101. The normalized spacial score (nSPS) is 21.2. The van der Waals surface area contributed by atoms with E-state index < -0.39 is 0 Å². The zero-order chi connectivity index (χ0) is 17.9. The monoisotopic (exact) mass is 376 g/mol. The standard InChI is InChI=1S/C19H28N4O2S/c1-2-21(13-15-7-6-11-25-15)14-16-17(20-19-23(16)10-12-26-19)18(24)22-8-4-3-5-9-22/h10,12,15H,2-9,11,13-14H2,1H3/t15-/m1/s1. The largest absolute Gasteiger partial charge is 0.377 e. The van der Waals surface area contributed by atoms with Crippen molar-refractivity contribution in [2.75, 3.05) is 32.8 Å². The number of aromatic nitrogens is 2. The van der Waals surface area contributed by atoms with E-state index >= 15 is 0 Å². The molecule has 142 valence electrons. The molecule has 2 fully saturated rings. The fourth-order valence-electron chi connectivity index (χ4n) is 4.00. The number of imidazole rings is 1. The Morgan fingerprint density at radius 1 is 1.35 bits per heavy atom. The molecular formula is C19H28N4O2S. The van der Waals surface area contributed by atoms with Gasteiger partial charge in [0, 0.05) is 44.4 Å². The highest BCUT2D eigenvalue weighted by molar-refractivity contribution is 7.15. The number of ether oxygens (including phenoxy) is 1. The molecule has 2 aliphatic rings. The molecular weight excluding hydrogens is 348 g/mol. The Bertz CT molecular complexity index is 744. The van der Waals surface area contributed by atoms with E-state index in [-0.39, 0.29) is 5.91 Å². The number of hydrogen-bond donors (Lipinski definition) is 0. The molecule has 2 aliphatic heterocycles. The first-order valence-electron chi connectivity index (χ1n) is 9.84. The van der Waals surface area contributed by atoms with Crippen LogP contribution < -0.4 is 0 Å². The van der Waals surface area contributed by atoms with E-state index in [1.54, 1.807) is 11.3 Å². The Labute approximate surface area is 158 Å². The third-order valence-electron chi connectivity index (χ3n) is 5.51. The van der Waals surface area contributed by atoms with Gasteiger partial charge in [-0.15, -0.1) is 11.3 Å². The molecule has 4 heterocycles. The summed E-state index contributed by atoms with van der Waals surface area (Å²) in [5.41, 5.74) is 1.67. The maximum absolute atomic E-state index is 13.1. The van der Waals surface area contributed by atoms with Gasteiger partial charge >= 0.3 is 0 Å². The van der Waals surface area contributed by atoms with Crippen LogP contribution in [-0.2, 0) is 11.3 Å². The average molecular weight is 377 g/mol. The summed E-state index contributed by atoms with van der Waals surface area (Å²) in [5.74, 6) is 0.101. The van der Waals surface area contributed by atoms with Crippen LogP contribution in [0.3, 0.4) is 0 Å². The minimum Gasteiger partial charge on any atom is -0.377 e. The molecule has 26 heavy (non-hydrogen) atoms. The summed E-state index contributed by atoms with van der Waals surface area (Å²) < 4.78 is 7.91. The zero-order valence-corrected chi connectivity index (χ0v) is 16.3. The molecule has 4 rings (SSSR count). The lowest BCUT2D eigenvalue weighted by Gasteiger charge is -2.27. The minimum absolute atomic E-state index is 0.101. The lowest BCUT2D eigenvalue weighted by molar-refractivity contribution is 0.0694. The van der Waals surface area contributed by atoms with Crippen LogP contribution in [0.4, 0.5) is 0 Å². The molecule has 2 aromatic heterocycles. The summed E-state index contributed by atoms with van der Waals surface area (Å²) in [6, 6.07) is 0. The number of thiazole rings is 1. The van der Waals surface area contributed by atoms with Crippen LogP contribution in [-0.4, -0.2) is 64.0 Å². The van der Waals surface area contributed by atoms with Crippen LogP contribution >= 0.6 is 11.3 Å². The molecule has 0 unspecified atom stereocenters. The van der Waals surface area contributed by atoms with Crippen LogP contribution in [0, 0.1) is 0 Å². The maximum Gasteiger partial charge on any atom is 0.274 e. The molecule has 0 aromatic carbocycles. The molecule has 0 aliphatic carbocycles. The number of piperidine rings is 1. The van der Waals surface area contributed by atoms with E-state index in [9.17, 15) is 4.79 Å². The predicted molar refractivity (Wildman–Crippen MR) is 103 cm³/mol. The van der Waals surface area contributed by atoms with E-state index in [0.717, 1.165) is 75.7 Å². The van der Waals surface area contributed by atoms with Crippen molar-refractivity contribution in [3.05, 3.63) is 23.0 Å². The van der Waals surface area contributed by atoms with E-state index in [1.807, 2.05) is 16.5 Å². The van der Waals surface area contributed by atoms with Crippen LogP contribution in [0.25, 0.3) is 4.96 Å². The van der Waals surface area contributed by atoms with Crippen molar-refractivity contribution in [2.45, 2.75) is 51.7 Å². The SMILES string of the molecule is CCN(Cc1c(C(=O)N2CCCCC2)nc2sccn12)C[C@H]1CCCO1. The number of rotatable bonds is 6. The average Bonchev–Trinajstić information content (AvgIpc) is 3.40. The third kappa shape index (κ3) is 3.66. The van der Waals surface area contributed by atoms with E-state index in [2.05, 4.69) is 16.2 Å². The van der Waals surface area contributed by atoms with Crippen LogP contribution in [0.1, 0.15) is 55.2 Å². The molecule has 0 bridgehead atoms. The molecule has 2 aromatic rings. The molecule has 6 nitrogen and oxygen atoms in total. The Kier molecular flexibility index (Phi) is 5.57. The second-order valence-corrected chi connectivity index (χ2v) is 8.15. The molecule has 0 spiro atoms. The summed E-state index contributed by atoms with van der Waals surface area (Å²) in [6.07, 6.45) is 8.07. The van der Waals surface area contributed by atoms with Crippen molar-refractivity contribution in [3.8, 4) is 0 Å². The van der Waals surface area contributed by atoms with Crippen LogP contribution in [0.2, 0.25) is 0 Å². The Hall–Kier alpha value is -1.44. The second kappa shape index (κ2) is 8.06. The van der Waals surface area contributed by atoms with Crippen molar-refractivity contribution in [1.82, 2.24) is 19.2 Å². The molecule has 1 atom stereocenters. The number of likely N-dealkylation sites (N-methyl/N-ethyl adjacent to an activating group) is 1. The topological polar surface area (TPSA) is 50.1 Å². The van der Waals surface area contributed by atoms with Crippen LogP contribution in [0.15, 0.2) is 11.6 Å². The van der Waals surface area contributed by atoms with Gasteiger partial charge in [0.25, 0.3) is 5.91 Å². The number of carbonyl (C=O) groups excluding carboxylic acids is 1. The third-order valence-corrected chi connectivity index (χ3v) is 6.27. The summed E-state index contributed by atoms with van der Waals surface area (Å²) in [7, 11) is 0. The summed E-state index contributed by atoms with van der Waals surface area (Å²) in [4.78, 5) is 23.1. The Morgan fingerprint density at radius 2 is 2.19 bits per heavy atom. The number of carbonyl (C=O) groups is 1. The second-order valence-electron chi connectivity index (χ2n) is 7.28. The van der Waals surface area contributed by atoms with Gasteiger partial charge in [0.05, 0.1) is 11.8 Å². The van der Waals surface area contributed by atoms with Gasteiger partial charge in [0.15, 0.2) is 10.7 Å². The van der Waals surface area contributed by atoms with Gasteiger partial charge in [-0.2, -0.15) is 0 Å². The van der Waals surface area contributed by atoms with Gasteiger partial charge in [-0.3, -0.25) is 14.1 Å². The molecule has 0 saturated carbocycles. The van der Waals surface area contributed by atoms with Crippen molar-refractivity contribution >= 4 is 22.2 Å². The maximum atomic E-state index is 13.1. The van der Waals surface area contributed by atoms with E-state index in [1.165, 1.54) is 6.42 Å². The highest BCUT2D eigenvalue weighted by atomic mass is 32.1. The van der Waals surface area contributed by atoms with Crippen molar-refractivity contribution in [1.29, 1.82) is 0 Å². The van der Waals surface area contributed by atoms with Crippen molar-refractivity contribution in [3.63, 3.8) is 0 Å². The quantitative estimate of drug-likeness (QED) is 0.778. The highest BCUT2D eigenvalue weighted by Crippen LogP contribution is 2.23. The first-order valence-corrected chi connectivity index (χ1v) is 10.7. The number of fused-ring (bicyclic) bond motifs is 1. The zero-order valence-electron chi connectivity index (χ0n) is 15.5. The summed E-state index contributed by atoms with van der Waals surface area (Å²) in [6.45, 7) is 7.37. The van der Waals surface area contributed by atoms with Gasteiger partial charge < -0.3 is 9.64 Å². The fraction of sp³-hybridized carbons (Fsp3) is 0.684. The lowest BCUT2D eigenvalue weighted by Crippen LogP contribution is -2.37. The van der Waals surface area contributed by atoms with Gasteiger partial charge in [0.1, 0.15) is 0 Å². The van der Waals surface area contributed by atoms with Gasteiger partial charge in [-0.1, -0.05) is 6.92 Å². The Balaban J connectivity index is 1.57. The number of amides is 1. The number of likely N-dealkylation sites (tertiary alicyclic amines) is 1. The lowest BCUT2D eigenvalue weighted by atomic mass is 10.1. The number of hydrogen-bond acceptors (Lipinski definition) is 5. The van der Waals surface area contributed by atoms with Crippen molar-refractivity contribution < 1.29 is 9.53 Å². The van der Waals surface area contributed by atoms with E-state index in [4.69, 9.17) is 9.72 Å². The molecule has 2 saturated heterocycles. The highest BCUT2D eigenvalue weighted by Gasteiger charge is 2.27. The summed E-state index contributed by atoms with van der Waals surface area (Å²) >= 11 is 1.59. The van der Waals surface area contributed by atoms with Gasteiger partial charge in [0.2, 0.25) is 0 Å². The molecule has 1 amide bonds. The Morgan fingerprint density at radius 3 is 2.92 bits per heavy atom. The smallest absolute Gasteiger partial charge is 0.274 e. The predicted octanol–water partition coefficient (Wildman–Crippen LogP) is 3.02. The number of nitrogens with zero attached hydrogens (tertiary/aromatic N) is 4. The first-order chi connectivity index (χ1) is 12.8. The van der Waals surface area contributed by atoms with Gasteiger partial charge in [-0.05, 0) is 38.6 Å². The van der Waals surface area contributed by atoms with Gasteiger partial charge in [-0.25, -0.2) is 4.98 Å². The van der Waals surface area contributed by atoms with Crippen molar-refractivity contribution in [2.24, 2.45) is 0 Å². The van der Waals surface area contributed by atoms with Crippen LogP contribution in [0.5, 0.6) is 0 Å². The molecule has 7 heteroatoms. The van der Waals surface area contributed by atoms with E-state index in [0.29, 0.717) is 11.8 Å². The molecule has 0 N–H and O–H groups in total. The summed E-state index contributed by atoms with van der Waals surface area (Å²) in [5, 5.41) is 2.04. The first kappa shape index (κ1) is 17.9.